The summed E-state index contributed by atoms with van der Waals surface area (Å²) in [5.41, 5.74) is 3.23. The summed E-state index contributed by atoms with van der Waals surface area (Å²) in [5.74, 6) is 0.0503. The van der Waals surface area contributed by atoms with Crippen LogP contribution in [0.25, 0.3) is 0 Å². The zero-order chi connectivity index (χ0) is 20.4. The Hall–Kier alpha value is -1.61. The fourth-order valence-corrected chi connectivity index (χ4v) is 3.06. The van der Waals surface area contributed by atoms with Crippen LogP contribution >= 0.6 is 0 Å². The van der Waals surface area contributed by atoms with Crippen molar-refractivity contribution in [2.75, 3.05) is 26.7 Å². The second-order valence-corrected chi connectivity index (χ2v) is 8.82. The molecule has 0 N–H and O–H groups in total. The lowest BCUT2D eigenvalue weighted by molar-refractivity contribution is -0.127. The van der Waals surface area contributed by atoms with Crippen LogP contribution in [0, 0.1) is 0 Å². The smallest absolute Gasteiger partial charge is 0.249 e. The van der Waals surface area contributed by atoms with E-state index in [1.807, 2.05) is 4.90 Å². The van der Waals surface area contributed by atoms with E-state index in [4.69, 9.17) is 0 Å². The first-order valence-corrected chi connectivity index (χ1v) is 10.4. The average Bonchev–Trinajstić information content (AvgIpc) is 2.61. The lowest BCUT2D eigenvalue weighted by Gasteiger charge is -2.26. The van der Waals surface area contributed by atoms with Gasteiger partial charge in [0.1, 0.15) is 0 Å². The number of likely N-dealkylation sites (N-methyl/N-ethyl adjacent to an activating group) is 1. The van der Waals surface area contributed by atoms with Crippen molar-refractivity contribution < 1.29 is 4.79 Å². The van der Waals surface area contributed by atoms with E-state index in [0.717, 1.165) is 19.6 Å². The molecule has 0 radical (unpaired) electrons. The first-order chi connectivity index (χ1) is 12.6. The minimum absolute atomic E-state index is 0.0503. The number of hydrogen-bond acceptors (Lipinski definition) is 2. The van der Waals surface area contributed by atoms with Crippen molar-refractivity contribution in [2.45, 2.75) is 72.3 Å². The largest absolute Gasteiger partial charge is 0.333 e. The van der Waals surface area contributed by atoms with Crippen LogP contribution in [-0.4, -0.2) is 42.4 Å². The predicted molar refractivity (Wildman–Crippen MR) is 117 cm³/mol. The maximum Gasteiger partial charge on any atom is 0.249 e. The third-order valence-electron chi connectivity index (χ3n) is 4.99. The third-order valence-corrected chi connectivity index (χ3v) is 4.99. The van der Waals surface area contributed by atoms with E-state index < -0.39 is 0 Å². The van der Waals surface area contributed by atoms with E-state index in [2.05, 4.69) is 70.5 Å². The van der Waals surface area contributed by atoms with Gasteiger partial charge < -0.3 is 9.80 Å². The topological polar surface area (TPSA) is 23.6 Å². The van der Waals surface area contributed by atoms with Crippen molar-refractivity contribution in [1.82, 2.24) is 9.80 Å². The van der Waals surface area contributed by atoms with Crippen molar-refractivity contribution in [2.24, 2.45) is 0 Å². The fourth-order valence-electron chi connectivity index (χ4n) is 3.06. The molecule has 0 saturated carbocycles. The average molecular weight is 373 g/mol. The summed E-state index contributed by atoms with van der Waals surface area (Å²) in [6, 6.07) is 8.65. The summed E-state index contributed by atoms with van der Waals surface area (Å²) < 4.78 is 0. The van der Waals surface area contributed by atoms with Crippen LogP contribution < -0.4 is 0 Å². The fraction of sp³-hybridized carbons (Fsp3) is 0.625. The van der Waals surface area contributed by atoms with Crippen molar-refractivity contribution >= 4 is 5.91 Å². The summed E-state index contributed by atoms with van der Waals surface area (Å²) >= 11 is 0. The molecule has 1 rings (SSSR count). The maximum atomic E-state index is 12.6. The molecule has 1 aromatic carbocycles. The number of carbonyl (C=O) groups excluding carboxylic acids is 1. The number of rotatable bonds is 11. The molecule has 0 spiro atoms. The minimum Gasteiger partial charge on any atom is -0.333 e. The van der Waals surface area contributed by atoms with Gasteiger partial charge in [-0.1, -0.05) is 77.8 Å². The molecule has 152 valence electrons. The predicted octanol–water partition coefficient (Wildman–Crippen LogP) is 5.40. The van der Waals surface area contributed by atoms with Crippen molar-refractivity contribution in [3.8, 4) is 0 Å². The molecule has 0 heterocycles. The molecule has 27 heavy (non-hydrogen) atoms. The van der Waals surface area contributed by atoms with E-state index in [0.29, 0.717) is 12.1 Å². The highest BCUT2D eigenvalue weighted by atomic mass is 16.2. The number of hydrogen-bond donors (Lipinski definition) is 0. The Morgan fingerprint density at radius 1 is 1.00 bits per heavy atom. The summed E-state index contributed by atoms with van der Waals surface area (Å²) in [5, 5.41) is 0. The van der Waals surface area contributed by atoms with Crippen LogP contribution in [0.15, 0.2) is 36.4 Å². The quantitative estimate of drug-likeness (QED) is 0.383. The highest BCUT2D eigenvalue weighted by Crippen LogP contribution is 2.22. The van der Waals surface area contributed by atoms with E-state index in [1.54, 1.807) is 6.92 Å². The van der Waals surface area contributed by atoms with E-state index >= 15 is 0 Å². The van der Waals surface area contributed by atoms with Gasteiger partial charge in [-0.05, 0) is 43.5 Å². The molecule has 3 heteroatoms. The number of carbonyl (C=O) groups is 1. The van der Waals surface area contributed by atoms with Gasteiger partial charge in [0, 0.05) is 25.2 Å². The van der Waals surface area contributed by atoms with Gasteiger partial charge in [-0.15, -0.1) is 0 Å². The zero-order valence-electron chi connectivity index (χ0n) is 18.5. The molecular weight excluding hydrogens is 332 g/mol. The number of nitrogens with zero attached hydrogens (tertiary/aromatic N) is 2. The normalized spacial score (nSPS) is 11.7. The Kier molecular flexibility index (Phi) is 9.79. The molecule has 0 fully saturated rings. The molecule has 0 aliphatic carbocycles. The molecule has 3 nitrogen and oxygen atoms in total. The highest BCUT2D eigenvalue weighted by Gasteiger charge is 2.17. The van der Waals surface area contributed by atoms with Gasteiger partial charge in [-0.2, -0.15) is 0 Å². The van der Waals surface area contributed by atoms with Gasteiger partial charge in [-0.25, -0.2) is 0 Å². The van der Waals surface area contributed by atoms with E-state index in [-0.39, 0.29) is 11.3 Å². The van der Waals surface area contributed by atoms with Gasteiger partial charge in [0.2, 0.25) is 5.91 Å². The van der Waals surface area contributed by atoms with Crippen molar-refractivity contribution in [3.05, 3.63) is 47.5 Å². The lowest BCUT2D eigenvalue weighted by atomic mass is 9.87. The molecule has 1 aromatic rings. The summed E-state index contributed by atoms with van der Waals surface area (Å²) in [7, 11) is 2.15. The van der Waals surface area contributed by atoms with Gasteiger partial charge in [0.25, 0.3) is 0 Å². The number of unbranched alkanes of at least 4 members (excludes halogenated alkanes) is 3. The number of benzene rings is 1. The van der Waals surface area contributed by atoms with Gasteiger partial charge in [0.05, 0.1) is 0 Å². The second kappa shape index (κ2) is 11.3. The monoisotopic (exact) mass is 372 g/mol. The van der Waals surface area contributed by atoms with Crippen LogP contribution in [0.2, 0.25) is 0 Å². The Labute approximate surface area is 167 Å². The zero-order valence-corrected chi connectivity index (χ0v) is 18.5. The van der Waals surface area contributed by atoms with Crippen LogP contribution in [0.5, 0.6) is 0 Å². The lowest BCUT2D eigenvalue weighted by Crippen LogP contribution is -2.37. The molecular formula is C24H40N2O. The molecule has 0 aliphatic rings. The molecule has 0 bridgehead atoms. The summed E-state index contributed by atoms with van der Waals surface area (Å²) in [6.45, 7) is 17.9. The van der Waals surface area contributed by atoms with Crippen molar-refractivity contribution in [3.63, 3.8) is 0 Å². The van der Waals surface area contributed by atoms with Crippen LogP contribution in [0.1, 0.15) is 71.4 Å². The molecule has 0 aromatic heterocycles. The number of amides is 1. The van der Waals surface area contributed by atoms with Gasteiger partial charge in [0.15, 0.2) is 0 Å². The summed E-state index contributed by atoms with van der Waals surface area (Å²) in [6.07, 6.45) is 5.08. The van der Waals surface area contributed by atoms with Gasteiger partial charge in [-0.3, -0.25) is 4.79 Å². The highest BCUT2D eigenvalue weighted by molar-refractivity contribution is 5.92. The van der Waals surface area contributed by atoms with E-state index in [1.165, 1.54) is 36.8 Å². The van der Waals surface area contributed by atoms with Crippen LogP contribution in [-0.2, 0) is 16.8 Å². The van der Waals surface area contributed by atoms with Crippen molar-refractivity contribution in [1.29, 1.82) is 0 Å². The second-order valence-electron chi connectivity index (χ2n) is 8.82. The first-order valence-electron chi connectivity index (χ1n) is 10.4. The standard InChI is InChI=1S/C24H40N2O/c1-8-9-10-11-16-25(7)17-18-26(23(27)20(2)3)19-21-12-14-22(15-13-21)24(4,5)6/h12-15H,2,8-11,16-19H2,1,3-7H3. The van der Waals surface area contributed by atoms with Crippen LogP contribution in [0.4, 0.5) is 0 Å². The van der Waals surface area contributed by atoms with Crippen LogP contribution in [0.3, 0.4) is 0 Å². The minimum atomic E-state index is 0.0503. The third kappa shape index (κ3) is 8.75. The Bertz CT molecular complexity index is 583. The molecule has 1 amide bonds. The molecule has 0 saturated heterocycles. The summed E-state index contributed by atoms with van der Waals surface area (Å²) in [4.78, 5) is 16.9. The maximum absolute atomic E-state index is 12.6. The Morgan fingerprint density at radius 3 is 2.15 bits per heavy atom. The van der Waals surface area contributed by atoms with Gasteiger partial charge >= 0.3 is 0 Å². The first kappa shape index (κ1) is 23.4. The molecule has 0 aliphatic heterocycles. The Balaban J connectivity index is 2.67. The SMILES string of the molecule is C=C(C)C(=O)N(CCN(C)CCCCCC)Cc1ccc(C(C)(C)C)cc1. The van der Waals surface area contributed by atoms with E-state index in [9.17, 15) is 4.79 Å². The molecule has 0 unspecified atom stereocenters. The molecule has 0 atom stereocenters. The Morgan fingerprint density at radius 2 is 1.63 bits per heavy atom.